The summed E-state index contributed by atoms with van der Waals surface area (Å²) in [4.78, 5) is 37.7. The van der Waals surface area contributed by atoms with Gasteiger partial charge in [-0.2, -0.15) is 0 Å². The second-order valence-electron chi connectivity index (χ2n) is 5.44. The lowest BCUT2D eigenvalue weighted by atomic mass is 10.0. The van der Waals surface area contributed by atoms with Crippen LogP contribution in [0, 0.1) is 0 Å². The summed E-state index contributed by atoms with van der Waals surface area (Å²) in [5.41, 5.74) is 1.49. The molecule has 5 heteroatoms. The van der Waals surface area contributed by atoms with Crippen LogP contribution >= 0.6 is 0 Å². The molecule has 3 amide bonds. The number of rotatable bonds is 5. The van der Waals surface area contributed by atoms with Gasteiger partial charge in [-0.15, -0.1) is 0 Å². The Kier molecular flexibility index (Phi) is 4.52. The number of nitrogens with one attached hydrogen (secondary N) is 1. The summed E-state index contributed by atoms with van der Waals surface area (Å²) in [6.45, 7) is 0. The lowest BCUT2D eigenvalue weighted by Crippen LogP contribution is -2.48. The summed E-state index contributed by atoms with van der Waals surface area (Å²) in [6, 6.07) is 17.4. The summed E-state index contributed by atoms with van der Waals surface area (Å²) < 4.78 is 0. The van der Waals surface area contributed by atoms with Gasteiger partial charge in [-0.25, -0.2) is 0 Å². The zero-order chi connectivity index (χ0) is 16.9. The van der Waals surface area contributed by atoms with Crippen molar-refractivity contribution in [2.24, 2.45) is 0 Å². The van der Waals surface area contributed by atoms with Crippen molar-refractivity contribution < 1.29 is 14.4 Å². The minimum atomic E-state index is -0.900. The normalized spacial score (nSPS) is 14.8. The van der Waals surface area contributed by atoms with E-state index in [2.05, 4.69) is 5.32 Å². The topological polar surface area (TPSA) is 66.5 Å². The zero-order valence-electron chi connectivity index (χ0n) is 12.9. The second-order valence-corrected chi connectivity index (χ2v) is 5.44. The van der Waals surface area contributed by atoms with Gasteiger partial charge in [0.25, 0.3) is 11.8 Å². The Bertz CT molecular complexity index is 767. The predicted octanol–water partition coefficient (Wildman–Crippen LogP) is 2.16. The van der Waals surface area contributed by atoms with Gasteiger partial charge in [0.1, 0.15) is 6.04 Å². The molecule has 0 unspecified atom stereocenters. The molecule has 1 aliphatic rings. The summed E-state index contributed by atoms with van der Waals surface area (Å²) >= 11 is 0. The zero-order valence-corrected chi connectivity index (χ0v) is 12.9. The van der Waals surface area contributed by atoms with Crippen molar-refractivity contribution in [3.63, 3.8) is 0 Å². The van der Waals surface area contributed by atoms with E-state index in [1.165, 1.54) is 12.2 Å². The van der Waals surface area contributed by atoms with Crippen molar-refractivity contribution in [3.8, 4) is 0 Å². The quantitative estimate of drug-likeness (QED) is 0.859. The number of carbonyl (C=O) groups is 3. The van der Waals surface area contributed by atoms with Gasteiger partial charge in [-0.1, -0.05) is 48.5 Å². The van der Waals surface area contributed by atoms with Gasteiger partial charge in [0.2, 0.25) is 5.91 Å². The molecular weight excluding hydrogens is 304 g/mol. The lowest BCUT2D eigenvalue weighted by Gasteiger charge is -2.25. The van der Waals surface area contributed by atoms with E-state index < -0.39 is 23.8 Å². The third kappa shape index (κ3) is 3.41. The minimum absolute atomic E-state index is 0.263. The first kappa shape index (κ1) is 15.7. The largest absolute Gasteiger partial charge is 0.324 e. The van der Waals surface area contributed by atoms with Crippen LogP contribution in [0.2, 0.25) is 0 Å². The smallest absolute Gasteiger partial charge is 0.254 e. The Labute approximate surface area is 139 Å². The maximum Gasteiger partial charge on any atom is 0.254 e. The highest BCUT2D eigenvalue weighted by molar-refractivity contribution is 6.16. The fraction of sp³-hybridized carbons (Fsp3) is 0.105. The molecule has 2 aromatic carbocycles. The Morgan fingerprint density at radius 2 is 1.42 bits per heavy atom. The summed E-state index contributed by atoms with van der Waals surface area (Å²) in [5, 5.41) is 2.77. The molecule has 1 N–H and O–H groups in total. The van der Waals surface area contributed by atoms with Gasteiger partial charge in [0.05, 0.1) is 0 Å². The first-order chi connectivity index (χ1) is 11.6. The molecule has 120 valence electrons. The first-order valence-electron chi connectivity index (χ1n) is 7.60. The number of hydrogen-bond donors (Lipinski definition) is 1. The number of amides is 3. The maximum absolute atomic E-state index is 12.7. The van der Waals surface area contributed by atoms with Gasteiger partial charge in [0, 0.05) is 24.3 Å². The molecule has 24 heavy (non-hydrogen) atoms. The molecule has 3 rings (SSSR count). The Hall–Kier alpha value is -3.21. The van der Waals surface area contributed by atoms with E-state index in [0.29, 0.717) is 5.69 Å². The van der Waals surface area contributed by atoms with Crippen molar-refractivity contribution >= 4 is 23.4 Å². The number of para-hydroxylation sites is 1. The van der Waals surface area contributed by atoms with Crippen LogP contribution in [0.25, 0.3) is 0 Å². The highest BCUT2D eigenvalue weighted by Crippen LogP contribution is 2.17. The number of carbonyl (C=O) groups excluding carboxylic acids is 3. The van der Waals surface area contributed by atoms with E-state index >= 15 is 0 Å². The average molecular weight is 320 g/mol. The van der Waals surface area contributed by atoms with Crippen LogP contribution in [0.3, 0.4) is 0 Å². The van der Waals surface area contributed by atoms with Crippen LogP contribution < -0.4 is 5.32 Å². The van der Waals surface area contributed by atoms with Crippen LogP contribution in [-0.2, 0) is 20.8 Å². The Morgan fingerprint density at radius 1 is 0.875 bits per heavy atom. The summed E-state index contributed by atoms with van der Waals surface area (Å²) in [5.74, 6) is -1.33. The SMILES string of the molecule is O=C(Nc1ccccc1)[C@H](Cc1ccccc1)N1C(=O)C=CC1=O. The molecule has 5 nitrogen and oxygen atoms in total. The highest BCUT2D eigenvalue weighted by Gasteiger charge is 2.35. The van der Waals surface area contributed by atoms with Crippen LogP contribution in [0.1, 0.15) is 5.56 Å². The van der Waals surface area contributed by atoms with Crippen LogP contribution in [0.15, 0.2) is 72.8 Å². The van der Waals surface area contributed by atoms with Gasteiger partial charge in [0.15, 0.2) is 0 Å². The standard InChI is InChI=1S/C19H16N2O3/c22-17-11-12-18(23)21(17)16(13-14-7-3-1-4-8-14)19(24)20-15-9-5-2-6-10-15/h1-12,16H,13H2,(H,20,24)/t16-/m0/s1. The number of hydrogen-bond acceptors (Lipinski definition) is 3. The van der Waals surface area contributed by atoms with Crippen molar-refractivity contribution in [2.75, 3.05) is 5.32 Å². The average Bonchev–Trinajstić information content (AvgIpc) is 2.93. The van der Waals surface area contributed by atoms with Crippen molar-refractivity contribution in [1.82, 2.24) is 4.90 Å². The molecule has 0 spiro atoms. The van der Waals surface area contributed by atoms with Crippen LogP contribution in [-0.4, -0.2) is 28.7 Å². The summed E-state index contributed by atoms with van der Waals surface area (Å²) in [7, 11) is 0. The van der Waals surface area contributed by atoms with E-state index in [1.54, 1.807) is 24.3 Å². The molecule has 1 aliphatic heterocycles. The third-order valence-electron chi connectivity index (χ3n) is 3.77. The lowest BCUT2D eigenvalue weighted by molar-refractivity contribution is -0.143. The third-order valence-corrected chi connectivity index (χ3v) is 3.77. The number of benzene rings is 2. The predicted molar refractivity (Wildman–Crippen MR) is 90.0 cm³/mol. The monoisotopic (exact) mass is 320 g/mol. The van der Waals surface area contributed by atoms with Crippen molar-refractivity contribution in [2.45, 2.75) is 12.5 Å². The molecule has 0 bridgehead atoms. The summed E-state index contributed by atoms with van der Waals surface area (Å²) in [6.07, 6.45) is 2.64. The molecule has 0 fully saturated rings. The molecular formula is C19H16N2O3. The molecule has 1 atom stereocenters. The molecule has 1 heterocycles. The molecule has 0 saturated carbocycles. The number of anilines is 1. The molecule has 0 aliphatic carbocycles. The van der Waals surface area contributed by atoms with Gasteiger partial charge < -0.3 is 5.32 Å². The fourth-order valence-corrected chi connectivity index (χ4v) is 2.60. The maximum atomic E-state index is 12.7. The molecule has 2 aromatic rings. The van der Waals surface area contributed by atoms with Gasteiger partial charge in [-0.3, -0.25) is 19.3 Å². The van der Waals surface area contributed by atoms with Crippen molar-refractivity contribution in [1.29, 1.82) is 0 Å². The fourth-order valence-electron chi connectivity index (χ4n) is 2.60. The van der Waals surface area contributed by atoms with E-state index in [4.69, 9.17) is 0 Å². The Morgan fingerprint density at radius 3 is 2.00 bits per heavy atom. The van der Waals surface area contributed by atoms with E-state index in [0.717, 1.165) is 10.5 Å². The van der Waals surface area contributed by atoms with Crippen LogP contribution in [0.4, 0.5) is 5.69 Å². The van der Waals surface area contributed by atoms with E-state index in [1.807, 2.05) is 36.4 Å². The van der Waals surface area contributed by atoms with Gasteiger partial charge >= 0.3 is 0 Å². The Balaban J connectivity index is 1.85. The number of nitrogens with zero attached hydrogens (tertiary/aromatic N) is 1. The molecule has 0 radical (unpaired) electrons. The van der Waals surface area contributed by atoms with Crippen LogP contribution in [0.5, 0.6) is 0 Å². The second kappa shape index (κ2) is 6.91. The van der Waals surface area contributed by atoms with E-state index in [-0.39, 0.29) is 6.42 Å². The van der Waals surface area contributed by atoms with Crippen molar-refractivity contribution in [3.05, 3.63) is 78.4 Å². The first-order valence-corrected chi connectivity index (χ1v) is 7.60. The minimum Gasteiger partial charge on any atom is -0.324 e. The molecule has 0 saturated heterocycles. The molecule has 0 aromatic heterocycles. The highest BCUT2D eigenvalue weighted by atomic mass is 16.2. The number of imide groups is 1. The van der Waals surface area contributed by atoms with E-state index in [9.17, 15) is 14.4 Å². The van der Waals surface area contributed by atoms with Gasteiger partial charge in [-0.05, 0) is 17.7 Å².